The van der Waals surface area contributed by atoms with Crippen LogP contribution in [-0.4, -0.2) is 55.1 Å². The Kier molecular flexibility index (Phi) is 5.84. The Bertz CT molecular complexity index is 415. The molecule has 2 atom stereocenters. The van der Waals surface area contributed by atoms with Crippen LogP contribution < -0.4 is 5.32 Å². The Morgan fingerprint density at radius 1 is 1.60 bits per heavy atom. The van der Waals surface area contributed by atoms with Crippen molar-refractivity contribution in [1.29, 1.82) is 0 Å². The van der Waals surface area contributed by atoms with Crippen LogP contribution in [0.1, 0.15) is 31.0 Å². The van der Waals surface area contributed by atoms with Gasteiger partial charge >= 0.3 is 0 Å². The second-order valence-corrected chi connectivity index (χ2v) is 6.02. The molecule has 1 aliphatic heterocycles. The third kappa shape index (κ3) is 3.95. The first-order chi connectivity index (χ1) is 9.61. The number of likely N-dealkylation sites (N-methyl/N-ethyl adjacent to an activating group) is 1. The van der Waals surface area contributed by atoms with Crippen molar-refractivity contribution in [2.75, 3.05) is 34.3 Å². The normalized spacial score (nSPS) is 20.8. The number of halogens is 1. The maximum Gasteiger partial charge on any atom is 0.0834 e. The zero-order valence-electron chi connectivity index (χ0n) is 12.6. The first kappa shape index (κ1) is 15.8. The molecule has 1 saturated heterocycles. The average Bonchev–Trinajstić information content (AvgIpc) is 3.03. The van der Waals surface area contributed by atoms with Crippen LogP contribution in [0.4, 0.5) is 0 Å². The highest BCUT2D eigenvalue weighted by Crippen LogP contribution is 2.29. The van der Waals surface area contributed by atoms with E-state index in [1.807, 2.05) is 11.7 Å². The van der Waals surface area contributed by atoms with E-state index in [1.54, 1.807) is 6.20 Å². The molecule has 0 radical (unpaired) electrons. The van der Waals surface area contributed by atoms with Crippen LogP contribution in [0, 0.1) is 0 Å². The van der Waals surface area contributed by atoms with Gasteiger partial charge in [0.2, 0.25) is 0 Å². The van der Waals surface area contributed by atoms with Gasteiger partial charge in [0.1, 0.15) is 0 Å². The Morgan fingerprint density at radius 2 is 2.40 bits per heavy atom. The van der Waals surface area contributed by atoms with Gasteiger partial charge in [-0.25, -0.2) is 0 Å². The second-order valence-electron chi connectivity index (χ2n) is 5.62. The number of nitrogens with zero attached hydrogens (tertiary/aromatic N) is 3. The van der Waals surface area contributed by atoms with Gasteiger partial charge in [-0.15, -0.1) is 0 Å². The predicted octanol–water partition coefficient (Wildman–Crippen LogP) is 1.93. The van der Waals surface area contributed by atoms with Gasteiger partial charge in [-0.2, -0.15) is 5.10 Å². The standard InChI is InChI=1S/C14H25ClN4O/c1-16-13(9-11-5-4-8-20-11)14-12(15)10-17-19(14)7-6-18(2)3/h10-11,13,16H,4-9H2,1-3H3. The average molecular weight is 301 g/mol. The fourth-order valence-electron chi connectivity index (χ4n) is 2.65. The highest BCUT2D eigenvalue weighted by molar-refractivity contribution is 6.31. The highest BCUT2D eigenvalue weighted by Gasteiger charge is 2.25. The molecule has 1 aliphatic rings. The summed E-state index contributed by atoms with van der Waals surface area (Å²) in [6.45, 7) is 2.68. The van der Waals surface area contributed by atoms with E-state index >= 15 is 0 Å². The summed E-state index contributed by atoms with van der Waals surface area (Å²) in [6, 6.07) is 0.190. The van der Waals surface area contributed by atoms with E-state index in [9.17, 15) is 0 Å². The minimum Gasteiger partial charge on any atom is -0.378 e. The molecule has 2 rings (SSSR count). The number of hydrogen-bond acceptors (Lipinski definition) is 4. The quantitative estimate of drug-likeness (QED) is 0.835. The molecule has 1 fully saturated rings. The molecule has 0 aromatic carbocycles. The van der Waals surface area contributed by atoms with E-state index in [2.05, 4.69) is 29.4 Å². The predicted molar refractivity (Wildman–Crippen MR) is 81.2 cm³/mol. The summed E-state index contributed by atoms with van der Waals surface area (Å²) in [4.78, 5) is 2.15. The van der Waals surface area contributed by atoms with Gasteiger partial charge in [-0.05, 0) is 40.4 Å². The zero-order valence-corrected chi connectivity index (χ0v) is 13.4. The van der Waals surface area contributed by atoms with Gasteiger partial charge < -0.3 is 15.0 Å². The summed E-state index contributed by atoms with van der Waals surface area (Å²) in [6.07, 6.45) is 5.33. The lowest BCUT2D eigenvalue weighted by Gasteiger charge is -2.22. The minimum absolute atomic E-state index is 0.190. The molecule has 0 aliphatic carbocycles. The number of nitrogens with one attached hydrogen (secondary N) is 1. The molecule has 0 spiro atoms. The fraction of sp³-hybridized carbons (Fsp3) is 0.786. The van der Waals surface area contributed by atoms with E-state index in [0.717, 1.165) is 49.7 Å². The second kappa shape index (κ2) is 7.41. The van der Waals surface area contributed by atoms with Crippen molar-refractivity contribution in [2.45, 2.75) is 38.0 Å². The van der Waals surface area contributed by atoms with E-state index < -0.39 is 0 Å². The summed E-state index contributed by atoms with van der Waals surface area (Å²) in [5.41, 5.74) is 1.08. The summed E-state index contributed by atoms with van der Waals surface area (Å²) in [5, 5.41) is 8.51. The van der Waals surface area contributed by atoms with Crippen LogP contribution in [0.15, 0.2) is 6.20 Å². The Hall–Kier alpha value is -0.620. The van der Waals surface area contributed by atoms with E-state index in [1.165, 1.54) is 0 Å². The minimum atomic E-state index is 0.190. The largest absolute Gasteiger partial charge is 0.378 e. The van der Waals surface area contributed by atoms with Crippen molar-refractivity contribution in [2.24, 2.45) is 0 Å². The topological polar surface area (TPSA) is 42.3 Å². The highest BCUT2D eigenvalue weighted by atomic mass is 35.5. The van der Waals surface area contributed by atoms with Crippen molar-refractivity contribution >= 4 is 11.6 Å². The molecule has 1 aromatic heterocycles. The number of ether oxygens (including phenoxy) is 1. The smallest absolute Gasteiger partial charge is 0.0834 e. The maximum atomic E-state index is 6.34. The monoisotopic (exact) mass is 300 g/mol. The van der Waals surface area contributed by atoms with Gasteiger partial charge in [0.25, 0.3) is 0 Å². The lowest BCUT2D eigenvalue weighted by molar-refractivity contribution is 0.0944. The molecular formula is C14H25ClN4O. The zero-order chi connectivity index (χ0) is 14.5. The molecule has 114 valence electrons. The molecule has 20 heavy (non-hydrogen) atoms. The molecule has 2 heterocycles. The van der Waals surface area contributed by atoms with Crippen LogP contribution in [0.25, 0.3) is 0 Å². The van der Waals surface area contributed by atoms with Gasteiger partial charge in [-0.3, -0.25) is 4.68 Å². The van der Waals surface area contributed by atoms with Crippen molar-refractivity contribution in [3.05, 3.63) is 16.9 Å². The Morgan fingerprint density at radius 3 is 3.00 bits per heavy atom. The number of hydrogen-bond donors (Lipinski definition) is 1. The molecule has 0 amide bonds. The lowest BCUT2D eigenvalue weighted by Crippen LogP contribution is -2.27. The van der Waals surface area contributed by atoms with Crippen LogP contribution >= 0.6 is 11.6 Å². The summed E-state index contributed by atoms with van der Waals surface area (Å²) >= 11 is 6.34. The van der Waals surface area contributed by atoms with E-state index in [-0.39, 0.29) is 6.04 Å². The van der Waals surface area contributed by atoms with E-state index in [0.29, 0.717) is 6.10 Å². The SMILES string of the molecule is CNC(CC1CCCO1)c1c(Cl)cnn1CCN(C)C. The third-order valence-corrected chi connectivity index (χ3v) is 4.08. The molecule has 1 aromatic rings. The number of aromatic nitrogens is 2. The molecule has 2 unspecified atom stereocenters. The molecular weight excluding hydrogens is 276 g/mol. The maximum absolute atomic E-state index is 6.34. The molecule has 5 nitrogen and oxygen atoms in total. The summed E-state index contributed by atoms with van der Waals surface area (Å²) in [7, 11) is 6.10. The Balaban J connectivity index is 2.08. The van der Waals surface area contributed by atoms with Crippen LogP contribution in [0.2, 0.25) is 5.02 Å². The van der Waals surface area contributed by atoms with Gasteiger partial charge in [0, 0.05) is 13.2 Å². The number of rotatable bonds is 7. The van der Waals surface area contributed by atoms with Gasteiger partial charge in [0.15, 0.2) is 0 Å². The first-order valence-corrected chi connectivity index (χ1v) is 7.64. The van der Waals surface area contributed by atoms with Crippen LogP contribution in [-0.2, 0) is 11.3 Å². The van der Waals surface area contributed by atoms with Crippen LogP contribution in [0.3, 0.4) is 0 Å². The van der Waals surface area contributed by atoms with E-state index in [4.69, 9.17) is 16.3 Å². The van der Waals surface area contributed by atoms with Gasteiger partial charge in [0.05, 0.1) is 35.6 Å². The van der Waals surface area contributed by atoms with Crippen LogP contribution in [0.5, 0.6) is 0 Å². The van der Waals surface area contributed by atoms with Crippen molar-refractivity contribution in [3.63, 3.8) is 0 Å². The third-order valence-electron chi connectivity index (χ3n) is 3.79. The fourth-order valence-corrected chi connectivity index (χ4v) is 2.92. The summed E-state index contributed by atoms with van der Waals surface area (Å²) < 4.78 is 7.75. The summed E-state index contributed by atoms with van der Waals surface area (Å²) in [5.74, 6) is 0. The molecule has 6 heteroatoms. The van der Waals surface area contributed by atoms with Gasteiger partial charge in [-0.1, -0.05) is 11.6 Å². The molecule has 0 saturated carbocycles. The molecule has 1 N–H and O–H groups in total. The van der Waals surface area contributed by atoms with Crippen molar-refractivity contribution < 1.29 is 4.74 Å². The lowest BCUT2D eigenvalue weighted by atomic mass is 10.0. The molecule has 0 bridgehead atoms. The Labute approximate surface area is 126 Å². The van der Waals surface area contributed by atoms with Crippen molar-refractivity contribution in [1.82, 2.24) is 20.0 Å². The van der Waals surface area contributed by atoms with Crippen molar-refractivity contribution in [3.8, 4) is 0 Å². The first-order valence-electron chi connectivity index (χ1n) is 7.26.